The topological polar surface area (TPSA) is 30.0 Å². The van der Waals surface area contributed by atoms with Crippen molar-refractivity contribution in [3.05, 3.63) is 29.6 Å². The predicted molar refractivity (Wildman–Crippen MR) is 52.9 cm³/mol. The van der Waals surface area contributed by atoms with Crippen molar-refractivity contribution in [3.8, 4) is 0 Å². The molecule has 2 heteroatoms. The summed E-state index contributed by atoms with van der Waals surface area (Å²) in [6, 6.07) is 1.92. The van der Waals surface area contributed by atoms with Crippen molar-refractivity contribution in [1.82, 2.24) is 4.98 Å². The van der Waals surface area contributed by atoms with Crippen molar-refractivity contribution in [3.63, 3.8) is 0 Å². The molecule has 0 N–H and O–H groups in total. The highest BCUT2D eigenvalue weighted by Gasteiger charge is 2.11. The summed E-state index contributed by atoms with van der Waals surface area (Å²) in [7, 11) is 0. The Labute approximate surface area is 79.0 Å². The maximum absolute atomic E-state index is 11.5. The Hall–Kier alpha value is -1.18. The van der Waals surface area contributed by atoms with Crippen LogP contribution in [-0.2, 0) is 0 Å². The minimum Gasteiger partial charge on any atom is -0.294 e. The van der Waals surface area contributed by atoms with Crippen LogP contribution in [0.15, 0.2) is 18.5 Å². The third-order valence-electron chi connectivity index (χ3n) is 2.10. The predicted octanol–water partition coefficient (Wildman–Crippen LogP) is 2.80. The highest BCUT2D eigenvalue weighted by molar-refractivity contribution is 5.97. The first kappa shape index (κ1) is 9.90. The zero-order valence-corrected chi connectivity index (χ0v) is 8.37. The second-order valence-corrected chi connectivity index (χ2v) is 3.39. The molecule has 0 aliphatic carbocycles. The van der Waals surface area contributed by atoms with Crippen LogP contribution in [0.2, 0.25) is 0 Å². The molecule has 1 aromatic heterocycles. The third-order valence-corrected chi connectivity index (χ3v) is 2.10. The Morgan fingerprint density at radius 1 is 1.54 bits per heavy atom. The maximum Gasteiger partial charge on any atom is 0.164 e. The number of hydrogen-bond acceptors (Lipinski definition) is 2. The van der Waals surface area contributed by atoms with E-state index in [1.807, 2.05) is 13.0 Å². The fourth-order valence-electron chi connectivity index (χ4n) is 1.33. The number of pyridine rings is 1. The Bertz CT molecular complexity index is 305. The lowest BCUT2D eigenvalue weighted by Gasteiger charge is -2.09. The molecule has 0 unspecified atom stereocenters. The molecule has 2 nitrogen and oxygen atoms in total. The normalized spacial score (nSPS) is 10.5. The third kappa shape index (κ3) is 2.14. The van der Waals surface area contributed by atoms with E-state index in [1.54, 1.807) is 12.4 Å². The van der Waals surface area contributed by atoms with Gasteiger partial charge in [0.2, 0.25) is 0 Å². The molecule has 1 aromatic rings. The Morgan fingerprint density at radius 2 is 2.23 bits per heavy atom. The van der Waals surface area contributed by atoms with Gasteiger partial charge in [0, 0.05) is 24.4 Å². The van der Waals surface area contributed by atoms with Crippen LogP contribution >= 0.6 is 0 Å². The molecule has 0 bridgehead atoms. The largest absolute Gasteiger partial charge is 0.294 e. The number of Topliss-reactive ketones (excluding diaryl/α,β-unsaturated/α-hetero) is 1. The summed E-state index contributed by atoms with van der Waals surface area (Å²) in [6.07, 6.45) is 3.95. The number of ketones is 1. The number of hydrogen-bond donors (Lipinski definition) is 0. The lowest BCUT2D eigenvalue weighted by molar-refractivity contribution is 0.0986. The van der Waals surface area contributed by atoms with Gasteiger partial charge in [-0.2, -0.15) is 0 Å². The van der Waals surface area contributed by atoms with Crippen LogP contribution in [0.25, 0.3) is 0 Å². The molecule has 0 amide bonds. The zero-order valence-electron chi connectivity index (χ0n) is 8.37. The average molecular weight is 177 g/mol. The summed E-state index contributed by atoms with van der Waals surface area (Å²) in [6.45, 7) is 6.04. The van der Waals surface area contributed by atoms with E-state index in [1.165, 1.54) is 0 Å². The molecule has 70 valence electrons. The first-order valence-electron chi connectivity index (χ1n) is 4.64. The maximum atomic E-state index is 11.5. The van der Waals surface area contributed by atoms with Gasteiger partial charge in [-0.15, -0.1) is 0 Å². The Kier molecular flexibility index (Phi) is 3.18. The summed E-state index contributed by atoms with van der Waals surface area (Å²) >= 11 is 0. The van der Waals surface area contributed by atoms with Crippen molar-refractivity contribution in [2.45, 2.75) is 33.1 Å². The SMILES string of the molecule is CCC(=O)c1cnccc1C(C)C. The van der Waals surface area contributed by atoms with Gasteiger partial charge in [0.15, 0.2) is 5.78 Å². The van der Waals surface area contributed by atoms with Crippen LogP contribution in [0.4, 0.5) is 0 Å². The van der Waals surface area contributed by atoms with Gasteiger partial charge < -0.3 is 0 Å². The molecule has 0 saturated carbocycles. The number of rotatable bonds is 3. The molecule has 0 aromatic carbocycles. The van der Waals surface area contributed by atoms with Gasteiger partial charge in [-0.25, -0.2) is 0 Å². The molecule has 13 heavy (non-hydrogen) atoms. The second kappa shape index (κ2) is 4.17. The highest BCUT2D eigenvalue weighted by atomic mass is 16.1. The Morgan fingerprint density at radius 3 is 2.77 bits per heavy atom. The monoisotopic (exact) mass is 177 g/mol. The van der Waals surface area contributed by atoms with Crippen LogP contribution < -0.4 is 0 Å². The fourth-order valence-corrected chi connectivity index (χ4v) is 1.33. The Balaban J connectivity index is 3.12. The number of aromatic nitrogens is 1. The lowest BCUT2D eigenvalue weighted by Crippen LogP contribution is -2.04. The van der Waals surface area contributed by atoms with Crippen LogP contribution in [0, 0.1) is 0 Å². The van der Waals surface area contributed by atoms with Gasteiger partial charge in [0.1, 0.15) is 0 Å². The molecule has 0 spiro atoms. The van der Waals surface area contributed by atoms with E-state index in [9.17, 15) is 4.79 Å². The second-order valence-electron chi connectivity index (χ2n) is 3.39. The summed E-state index contributed by atoms with van der Waals surface area (Å²) in [5.41, 5.74) is 1.88. The molecule has 0 aliphatic heterocycles. The minimum atomic E-state index is 0.178. The lowest BCUT2D eigenvalue weighted by atomic mass is 9.96. The van der Waals surface area contributed by atoms with Gasteiger partial charge in [-0.1, -0.05) is 20.8 Å². The summed E-state index contributed by atoms with van der Waals surface area (Å²) in [4.78, 5) is 15.5. The highest BCUT2D eigenvalue weighted by Crippen LogP contribution is 2.19. The molecule has 0 fully saturated rings. The van der Waals surface area contributed by atoms with Crippen molar-refractivity contribution < 1.29 is 4.79 Å². The van der Waals surface area contributed by atoms with Crippen LogP contribution in [0.3, 0.4) is 0 Å². The molecule has 0 saturated heterocycles. The fraction of sp³-hybridized carbons (Fsp3) is 0.455. The van der Waals surface area contributed by atoms with Crippen molar-refractivity contribution in [2.24, 2.45) is 0 Å². The zero-order chi connectivity index (χ0) is 9.84. The first-order valence-corrected chi connectivity index (χ1v) is 4.64. The van der Waals surface area contributed by atoms with Gasteiger partial charge in [0.25, 0.3) is 0 Å². The summed E-state index contributed by atoms with van der Waals surface area (Å²) in [5.74, 6) is 0.560. The van der Waals surface area contributed by atoms with Gasteiger partial charge in [0.05, 0.1) is 0 Å². The van der Waals surface area contributed by atoms with E-state index < -0.39 is 0 Å². The van der Waals surface area contributed by atoms with Crippen molar-refractivity contribution >= 4 is 5.78 Å². The number of nitrogens with zero attached hydrogens (tertiary/aromatic N) is 1. The van der Waals surface area contributed by atoms with Crippen molar-refractivity contribution in [2.75, 3.05) is 0 Å². The molecule has 0 aliphatic rings. The van der Waals surface area contributed by atoms with Gasteiger partial charge in [-0.05, 0) is 17.5 Å². The number of carbonyl (C=O) groups is 1. The molecular formula is C11H15NO. The van der Waals surface area contributed by atoms with E-state index in [-0.39, 0.29) is 5.78 Å². The average Bonchev–Trinajstić information content (AvgIpc) is 2.16. The van der Waals surface area contributed by atoms with Gasteiger partial charge >= 0.3 is 0 Å². The molecule has 0 radical (unpaired) electrons. The number of carbonyl (C=O) groups excluding carboxylic acids is 1. The molecule has 1 heterocycles. The standard InChI is InChI=1S/C11H15NO/c1-4-11(13)10-7-12-6-5-9(10)8(2)3/h5-8H,4H2,1-3H3. The van der Waals surface area contributed by atoms with Crippen LogP contribution in [0.5, 0.6) is 0 Å². The van der Waals surface area contributed by atoms with E-state index in [2.05, 4.69) is 18.8 Å². The van der Waals surface area contributed by atoms with E-state index in [0.29, 0.717) is 12.3 Å². The summed E-state index contributed by atoms with van der Waals surface area (Å²) in [5, 5.41) is 0. The quantitative estimate of drug-likeness (QED) is 0.664. The van der Waals surface area contributed by atoms with Crippen LogP contribution in [-0.4, -0.2) is 10.8 Å². The smallest absolute Gasteiger partial charge is 0.164 e. The van der Waals surface area contributed by atoms with E-state index in [0.717, 1.165) is 11.1 Å². The molecular weight excluding hydrogens is 162 g/mol. The van der Waals surface area contributed by atoms with E-state index in [4.69, 9.17) is 0 Å². The first-order chi connectivity index (χ1) is 6.16. The molecule has 1 rings (SSSR count). The van der Waals surface area contributed by atoms with E-state index >= 15 is 0 Å². The molecule has 0 atom stereocenters. The minimum absolute atomic E-state index is 0.178. The van der Waals surface area contributed by atoms with Gasteiger partial charge in [-0.3, -0.25) is 9.78 Å². The van der Waals surface area contributed by atoms with Crippen molar-refractivity contribution in [1.29, 1.82) is 0 Å². The van der Waals surface area contributed by atoms with Crippen LogP contribution in [0.1, 0.15) is 49.0 Å². The summed E-state index contributed by atoms with van der Waals surface area (Å²) < 4.78 is 0.